The molecule has 4 nitrogen and oxygen atoms in total. The summed E-state index contributed by atoms with van der Waals surface area (Å²) in [7, 11) is 0. The first kappa shape index (κ1) is 20.7. The minimum absolute atomic E-state index is 0.0492. The van der Waals surface area contributed by atoms with Crippen LogP contribution in [-0.4, -0.2) is 25.6 Å². The van der Waals surface area contributed by atoms with E-state index in [4.69, 9.17) is 17.2 Å². The molecule has 2 fully saturated rings. The Labute approximate surface area is 197 Å². The number of thiocarbonyl (C=S) groups is 1. The number of halogens is 1. The lowest BCUT2D eigenvalue weighted by Gasteiger charge is -2.33. The Balaban J connectivity index is 1.63. The van der Waals surface area contributed by atoms with Crippen LogP contribution < -0.4 is 5.32 Å². The molecule has 6 heteroatoms. The highest BCUT2D eigenvalue weighted by molar-refractivity contribution is 9.10. The second-order valence-electron chi connectivity index (χ2n) is 8.61. The van der Waals surface area contributed by atoms with Gasteiger partial charge in [0.2, 0.25) is 0 Å². The molecular formula is C25H27BrN4S. The number of hydrogen-bond donors (Lipinski definition) is 1. The molecule has 31 heavy (non-hydrogen) atoms. The summed E-state index contributed by atoms with van der Waals surface area (Å²) in [5.41, 5.74) is 6.05. The van der Waals surface area contributed by atoms with Gasteiger partial charge < -0.3 is 14.8 Å². The highest BCUT2D eigenvalue weighted by Gasteiger charge is 2.44. The van der Waals surface area contributed by atoms with Crippen LogP contribution in [0.5, 0.6) is 0 Å². The maximum absolute atomic E-state index is 5.90. The molecule has 1 N–H and O–H groups in total. The van der Waals surface area contributed by atoms with Crippen LogP contribution in [0.15, 0.2) is 59.2 Å². The number of pyridine rings is 1. The van der Waals surface area contributed by atoms with E-state index in [1.807, 2.05) is 12.3 Å². The third kappa shape index (κ3) is 3.70. The van der Waals surface area contributed by atoms with Crippen molar-refractivity contribution in [2.75, 3.05) is 0 Å². The molecular weight excluding hydrogens is 468 g/mol. The fraction of sp³-hybridized carbons (Fsp3) is 0.360. The van der Waals surface area contributed by atoms with E-state index in [-0.39, 0.29) is 12.1 Å². The van der Waals surface area contributed by atoms with E-state index in [9.17, 15) is 0 Å². The lowest BCUT2D eigenvalue weighted by molar-refractivity contribution is 0.245. The van der Waals surface area contributed by atoms with Gasteiger partial charge in [-0.1, -0.05) is 34.8 Å². The quantitative estimate of drug-likeness (QED) is 0.439. The normalized spacial score (nSPS) is 21.6. The average Bonchev–Trinajstić information content (AvgIpc) is 3.48. The van der Waals surface area contributed by atoms with Crippen molar-refractivity contribution < 1.29 is 0 Å². The van der Waals surface area contributed by atoms with Crippen molar-refractivity contribution >= 4 is 33.3 Å². The first-order valence-electron chi connectivity index (χ1n) is 11.0. The Bertz CT molecular complexity index is 1090. The van der Waals surface area contributed by atoms with E-state index in [2.05, 4.69) is 87.0 Å². The number of aryl methyl sites for hydroxylation is 1. The third-order valence-electron chi connectivity index (χ3n) is 6.73. The number of nitrogens with one attached hydrogen (secondary N) is 1. The summed E-state index contributed by atoms with van der Waals surface area (Å²) >= 11 is 9.45. The molecule has 0 spiro atoms. The second kappa shape index (κ2) is 8.40. The summed E-state index contributed by atoms with van der Waals surface area (Å²) in [6, 6.07) is 17.7. The van der Waals surface area contributed by atoms with Crippen molar-refractivity contribution in [3.05, 3.63) is 81.8 Å². The summed E-state index contributed by atoms with van der Waals surface area (Å²) in [5, 5.41) is 4.49. The van der Waals surface area contributed by atoms with E-state index < -0.39 is 0 Å². The molecule has 0 bridgehead atoms. The Morgan fingerprint density at radius 3 is 2.48 bits per heavy atom. The summed E-state index contributed by atoms with van der Waals surface area (Å²) in [5.74, 6) is 0. The molecule has 1 saturated carbocycles. The molecule has 0 unspecified atom stereocenters. The van der Waals surface area contributed by atoms with Gasteiger partial charge in [0.05, 0.1) is 17.8 Å². The maximum Gasteiger partial charge on any atom is 0.170 e. The van der Waals surface area contributed by atoms with Crippen molar-refractivity contribution in [3.8, 4) is 5.69 Å². The average molecular weight is 495 g/mol. The Kier molecular flexibility index (Phi) is 5.61. The number of nitrogens with zero attached hydrogens (tertiary/aromatic N) is 3. The van der Waals surface area contributed by atoms with Gasteiger partial charge in [-0.2, -0.15) is 0 Å². The van der Waals surface area contributed by atoms with Crippen molar-refractivity contribution in [2.24, 2.45) is 0 Å². The summed E-state index contributed by atoms with van der Waals surface area (Å²) in [6.45, 7) is 4.42. The number of aromatic nitrogens is 2. The minimum Gasteiger partial charge on any atom is -0.352 e. The Morgan fingerprint density at radius 1 is 1.06 bits per heavy atom. The number of benzene rings is 1. The monoisotopic (exact) mass is 494 g/mol. The van der Waals surface area contributed by atoms with Crippen molar-refractivity contribution in [3.63, 3.8) is 0 Å². The molecule has 160 valence electrons. The highest BCUT2D eigenvalue weighted by atomic mass is 79.9. The first-order valence-corrected chi connectivity index (χ1v) is 12.2. The van der Waals surface area contributed by atoms with Crippen LogP contribution in [0.4, 0.5) is 0 Å². The number of hydrogen-bond acceptors (Lipinski definition) is 2. The van der Waals surface area contributed by atoms with Crippen molar-refractivity contribution in [1.29, 1.82) is 0 Å². The predicted octanol–water partition coefficient (Wildman–Crippen LogP) is 6.17. The number of rotatable bonds is 4. The van der Waals surface area contributed by atoms with E-state index >= 15 is 0 Å². The summed E-state index contributed by atoms with van der Waals surface area (Å²) in [4.78, 5) is 7.18. The second-order valence-corrected chi connectivity index (χ2v) is 9.91. The van der Waals surface area contributed by atoms with Crippen LogP contribution in [0, 0.1) is 13.8 Å². The van der Waals surface area contributed by atoms with Gasteiger partial charge in [-0.05, 0) is 86.9 Å². The van der Waals surface area contributed by atoms with Gasteiger partial charge in [0.25, 0.3) is 0 Å². The van der Waals surface area contributed by atoms with Gasteiger partial charge in [-0.25, -0.2) is 0 Å². The predicted molar refractivity (Wildman–Crippen MR) is 132 cm³/mol. The van der Waals surface area contributed by atoms with Gasteiger partial charge in [0, 0.05) is 33.8 Å². The standard InChI is InChI=1S/C25H27BrN4S/c1-16-15-21(17(2)29(16)20-12-10-18(26)11-13-20)24-23(22-9-5-6-14-27-22)28-25(31)30(24)19-7-3-4-8-19/h5-6,9-15,19,23-24H,3-4,7-8H2,1-2H3,(H,28,31)/t23-,24-/m1/s1. The minimum atomic E-state index is 0.0492. The zero-order valence-corrected chi connectivity index (χ0v) is 20.3. The van der Waals surface area contributed by atoms with E-state index in [1.54, 1.807) is 0 Å². The maximum atomic E-state index is 5.90. The highest BCUT2D eigenvalue weighted by Crippen LogP contribution is 2.44. The molecule has 2 atom stereocenters. The van der Waals surface area contributed by atoms with E-state index in [0.29, 0.717) is 6.04 Å². The Morgan fingerprint density at radius 2 is 1.81 bits per heavy atom. The van der Waals surface area contributed by atoms with Crippen LogP contribution in [0.3, 0.4) is 0 Å². The van der Waals surface area contributed by atoms with E-state index in [1.165, 1.54) is 48.3 Å². The van der Waals surface area contributed by atoms with Crippen LogP contribution >= 0.6 is 28.1 Å². The summed E-state index contributed by atoms with van der Waals surface area (Å²) in [6.07, 6.45) is 6.85. The van der Waals surface area contributed by atoms with Gasteiger partial charge in [0.15, 0.2) is 5.11 Å². The zero-order chi connectivity index (χ0) is 21.5. The fourth-order valence-corrected chi connectivity index (χ4v) is 6.00. The smallest absolute Gasteiger partial charge is 0.170 e. The molecule has 1 aliphatic carbocycles. The van der Waals surface area contributed by atoms with Gasteiger partial charge >= 0.3 is 0 Å². The third-order valence-corrected chi connectivity index (χ3v) is 7.58. The molecule has 1 aliphatic heterocycles. The fourth-order valence-electron chi connectivity index (χ4n) is 5.35. The molecule has 3 aromatic rings. The largest absolute Gasteiger partial charge is 0.352 e. The van der Waals surface area contributed by atoms with Gasteiger partial charge in [-0.3, -0.25) is 4.98 Å². The lowest BCUT2D eigenvalue weighted by atomic mass is 9.95. The molecule has 0 amide bonds. The zero-order valence-electron chi connectivity index (χ0n) is 17.9. The van der Waals surface area contributed by atoms with Gasteiger partial charge in [-0.15, -0.1) is 0 Å². The lowest BCUT2D eigenvalue weighted by Crippen LogP contribution is -2.37. The van der Waals surface area contributed by atoms with Crippen molar-refractivity contribution in [1.82, 2.24) is 19.8 Å². The molecule has 2 aromatic heterocycles. The molecule has 0 radical (unpaired) electrons. The first-order chi connectivity index (χ1) is 15.0. The molecule has 1 aromatic carbocycles. The van der Waals surface area contributed by atoms with Crippen LogP contribution in [-0.2, 0) is 0 Å². The van der Waals surface area contributed by atoms with Gasteiger partial charge in [0.1, 0.15) is 0 Å². The molecule has 3 heterocycles. The Hall–Kier alpha value is -2.18. The van der Waals surface area contributed by atoms with E-state index in [0.717, 1.165) is 15.3 Å². The van der Waals surface area contributed by atoms with Crippen LogP contribution in [0.1, 0.15) is 60.4 Å². The summed E-state index contributed by atoms with van der Waals surface area (Å²) < 4.78 is 3.44. The topological polar surface area (TPSA) is 33.1 Å². The SMILES string of the molecule is Cc1cc([C@@H]2[C@@H](c3ccccn3)NC(=S)N2C2CCCC2)c(C)n1-c1ccc(Br)cc1. The molecule has 5 rings (SSSR count). The molecule has 1 saturated heterocycles. The van der Waals surface area contributed by atoms with Crippen LogP contribution in [0.2, 0.25) is 0 Å². The van der Waals surface area contributed by atoms with Crippen LogP contribution in [0.25, 0.3) is 5.69 Å². The molecule has 2 aliphatic rings. The van der Waals surface area contributed by atoms with Crippen molar-refractivity contribution in [2.45, 2.75) is 57.7 Å².